The molecule has 0 aliphatic rings. The summed E-state index contributed by atoms with van der Waals surface area (Å²) in [6.45, 7) is 4.99. The fraction of sp³-hybridized carbons (Fsp3) is 0.294. The van der Waals surface area contributed by atoms with E-state index in [-0.39, 0.29) is 0 Å². The molecule has 0 saturated carbocycles. The van der Waals surface area contributed by atoms with Gasteiger partial charge in [0, 0.05) is 36.1 Å². The van der Waals surface area contributed by atoms with Crippen LogP contribution in [0.1, 0.15) is 29.2 Å². The van der Waals surface area contributed by atoms with Crippen LogP contribution in [0.2, 0.25) is 0 Å². The molecule has 0 radical (unpaired) electrons. The maximum Gasteiger partial charge on any atom is 0.162 e. The van der Waals surface area contributed by atoms with Gasteiger partial charge in [-0.2, -0.15) is 0 Å². The Balaban J connectivity index is 1.69. The fourth-order valence-electron chi connectivity index (χ4n) is 2.30. The van der Waals surface area contributed by atoms with Crippen LogP contribution in [0, 0.1) is 6.92 Å². The third-order valence-electron chi connectivity index (χ3n) is 3.74. The molecule has 114 valence electrons. The second kappa shape index (κ2) is 6.42. The average Bonchev–Trinajstić information content (AvgIpc) is 3.16. The van der Waals surface area contributed by atoms with Gasteiger partial charge in [0.2, 0.25) is 0 Å². The van der Waals surface area contributed by atoms with Gasteiger partial charge in [-0.05, 0) is 44.7 Å². The lowest BCUT2D eigenvalue weighted by atomic mass is 10.1. The Kier molecular flexibility index (Phi) is 4.36. The molecular weight excluding hydrogens is 294 g/mol. The first-order valence-corrected chi connectivity index (χ1v) is 8.07. The molecule has 5 heteroatoms. The molecule has 0 aliphatic heterocycles. The molecule has 0 bridgehead atoms. The Labute approximate surface area is 134 Å². The summed E-state index contributed by atoms with van der Waals surface area (Å²) < 4.78 is 5.63. The van der Waals surface area contributed by atoms with Crippen LogP contribution in [0.5, 0.6) is 0 Å². The van der Waals surface area contributed by atoms with E-state index in [0.29, 0.717) is 6.04 Å². The number of thiazole rings is 1. The predicted molar refractivity (Wildman–Crippen MR) is 88.7 cm³/mol. The van der Waals surface area contributed by atoms with Gasteiger partial charge < -0.3 is 4.42 Å². The van der Waals surface area contributed by atoms with Crippen molar-refractivity contribution in [2.24, 2.45) is 0 Å². The molecule has 0 N–H and O–H groups in total. The molecule has 0 aromatic carbocycles. The second-order valence-electron chi connectivity index (χ2n) is 5.42. The molecule has 3 aromatic heterocycles. The lowest BCUT2D eigenvalue weighted by Crippen LogP contribution is -2.21. The smallest absolute Gasteiger partial charge is 0.162 e. The van der Waals surface area contributed by atoms with E-state index in [1.165, 1.54) is 10.4 Å². The van der Waals surface area contributed by atoms with Gasteiger partial charge in [0.25, 0.3) is 0 Å². The molecule has 3 rings (SSSR count). The van der Waals surface area contributed by atoms with Crippen molar-refractivity contribution < 1.29 is 4.42 Å². The fourth-order valence-corrected chi connectivity index (χ4v) is 3.24. The summed E-state index contributed by atoms with van der Waals surface area (Å²) in [6, 6.07) is 8.33. The highest BCUT2D eigenvalue weighted by Crippen LogP contribution is 2.28. The Morgan fingerprint density at radius 3 is 2.82 bits per heavy atom. The predicted octanol–water partition coefficient (Wildman–Crippen LogP) is 4.30. The van der Waals surface area contributed by atoms with Gasteiger partial charge >= 0.3 is 0 Å². The number of pyridine rings is 1. The summed E-state index contributed by atoms with van der Waals surface area (Å²) >= 11 is 1.68. The maximum atomic E-state index is 5.63. The lowest BCUT2D eigenvalue weighted by Gasteiger charge is -2.23. The van der Waals surface area contributed by atoms with Crippen molar-refractivity contribution in [2.45, 2.75) is 26.4 Å². The molecule has 0 unspecified atom stereocenters. The van der Waals surface area contributed by atoms with E-state index in [2.05, 4.69) is 34.9 Å². The molecule has 0 saturated heterocycles. The third kappa shape index (κ3) is 3.26. The van der Waals surface area contributed by atoms with Gasteiger partial charge in [0.15, 0.2) is 10.8 Å². The quantitative estimate of drug-likeness (QED) is 0.704. The minimum atomic E-state index is 0.310. The topological polar surface area (TPSA) is 42.2 Å². The van der Waals surface area contributed by atoms with Gasteiger partial charge in [-0.25, -0.2) is 4.98 Å². The first-order chi connectivity index (χ1) is 10.6. The maximum absolute atomic E-state index is 5.63. The molecule has 3 aromatic rings. The van der Waals surface area contributed by atoms with E-state index in [0.717, 1.165) is 23.1 Å². The average molecular weight is 313 g/mol. The van der Waals surface area contributed by atoms with Crippen LogP contribution >= 0.6 is 11.3 Å². The van der Waals surface area contributed by atoms with Gasteiger partial charge in [0.05, 0.1) is 0 Å². The summed E-state index contributed by atoms with van der Waals surface area (Å²) in [5.41, 5.74) is 1.22. The van der Waals surface area contributed by atoms with E-state index in [9.17, 15) is 0 Å². The number of furan rings is 1. The Morgan fingerprint density at radius 2 is 2.14 bits per heavy atom. The molecule has 0 spiro atoms. The lowest BCUT2D eigenvalue weighted by molar-refractivity contribution is 0.255. The van der Waals surface area contributed by atoms with Crippen LogP contribution in [0.3, 0.4) is 0 Å². The second-order valence-corrected chi connectivity index (χ2v) is 6.53. The summed E-state index contributed by atoms with van der Waals surface area (Å²) in [5, 5.41) is 0.936. The van der Waals surface area contributed by atoms with E-state index >= 15 is 0 Å². The van der Waals surface area contributed by atoms with Gasteiger partial charge in [-0.1, -0.05) is 6.07 Å². The first kappa shape index (κ1) is 14.9. The highest BCUT2D eigenvalue weighted by Gasteiger charge is 2.14. The number of rotatable bonds is 5. The molecule has 22 heavy (non-hydrogen) atoms. The molecule has 1 atom stereocenters. The van der Waals surface area contributed by atoms with Crippen molar-refractivity contribution in [3.8, 4) is 10.8 Å². The normalized spacial score (nSPS) is 12.7. The van der Waals surface area contributed by atoms with Gasteiger partial charge in [-0.3, -0.25) is 9.88 Å². The van der Waals surface area contributed by atoms with E-state index in [1.807, 2.05) is 37.5 Å². The van der Waals surface area contributed by atoms with Crippen LogP contribution in [-0.4, -0.2) is 21.9 Å². The molecule has 0 amide bonds. The van der Waals surface area contributed by atoms with E-state index < -0.39 is 0 Å². The number of aromatic nitrogens is 2. The van der Waals surface area contributed by atoms with Crippen molar-refractivity contribution in [3.05, 3.63) is 59.1 Å². The van der Waals surface area contributed by atoms with Crippen LogP contribution in [0.4, 0.5) is 0 Å². The largest absolute Gasteiger partial charge is 0.459 e. The number of hydrogen-bond donors (Lipinski definition) is 0. The summed E-state index contributed by atoms with van der Waals surface area (Å²) in [6.07, 6.45) is 5.66. The zero-order valence-corrected chi connectivity index (χ0v) is 13.8. The van der Waals surface area contributed by atoms with E-state index in [4.69, 9.17) is 4.42 Å². The Morgan fingerprint density at radius 1 is 1.27 bits per heavy atom. The first-order valence-electron chi connectivity index (χ1n) is 7.25. The van der Waals surface area contributed by atoms with Crippen molar-refractivity contribution in [1.82, 2.24) is 14.9 Å². The number of nitrogens with zero attached hydrogens (tertiary/aromatic N) is 3. The molecule has 0 aliphatic carbocycles. The van der Waals surface area contributed by atoms with Crippen molar-refractivity contribution in [3.63, 3.8) is 0 Å². The van der Waals surface area contributed by atoms with Crippen LogP contribution < -0.4 is 0 Å². The third-order valence-corrected chi connectivity index (χ3v) is 4.73. The SMILES string of the molecule is Cc1ccc(-c2ncc(CN(C)[C@@H](C)c3cccnc3)s2)o1. The summed E-state index contributed by atoms with van der Waals surface area (Å²) in [7, 11) is 2.12. The summed E-state index contributed by atoms with van der Waals surface area (Å²) in [5.74, 6) is 1.76. The molecule has 4 nitrogen and oxygen atoms in total. The van der Waals surface area contributed by atoms with E-state index in [1.54, 1.807) is 17.5 Å². The van der Waals surface area contributed by atoms with Gasteiger partial charge in [-0.15, -0.1) is 11.3 Å². The highest BCUT2D eigenvalue weighted by atomic mass is 32.1. The van der Waals surface area contributed by atoms with Crippen molar-refractivity contribution in [2.75, 3.05) is 7.05 Å². The zero-order valence-electron chi connectivity index (χ0n) is 13.0. The van der Waals surface area contributed by atoms with Crippen LogP contribution in [0.25, 0.3) is 10.8 Å². The Hall–Kier alpha value is -1.98. The molecule has 0 fully saturated rings. The number of aryl methyl sites for hydroxylation is 1. The van der Waals surface area contributed by atoms with Crippen molar-refractivity contribution >= 4 is 11.3 Å². The zero-order chi connectivity index (χ0) is 15.5. The standard InChI is InChI=1S/C17H19N3OS/c1-12-6-7-16(21-12)17-19-10-15(22-17)11-20(3)13(2)14-5-4-8-18-9-14/h4-10,13H,11H2,1-3H3/t13-/m0/s1. The highest BCUT2D eigenvalue weighted by molar-refractivity contribution is 7.14. The van der Waals surface area contributed by atoms with Gasteiger partial charge in [0.1, 0.15) is 5.76 Å². The summed E-state index contributed by atoms with van der Waals surface area (Å²) in [4.78, 5) is 12.2. The molecular formula is C17H19N3OS. The Bertz CT molecular complexity index is 735. The minimum Gasteiger partial charge on any atom is -0.459 e. The van der Waals surface area contributed by atoms with Crippen LogP contribution in [0.15, 0.2) is 47.3 Å². The van der Waals surface area contributed by atoms with Crippen LogP contribution in [-0.2, 0) is 6.54 Å². The van der Waals surface area contributed by atoms with Crippen molar-refractivity contribution in [1.29, 1.82) is 0 Å². The monoisotopic (exact) mass is 313 g/mol. The molecule has 3 heterocycles. The minimum absolute atomic E-state index is 0.310. The number of hydrogen-bond acceptors (Lipinski definition) is 5.